The Balaban J connectivity index is 2.98. The van der Waals surface area contributed by atoms with E-state index in [4.69, 9.17) is 27.0 Å². The second-order valence-electron chi connectivity index (χ2n) is 3.61. The highest BCUT2D eigenvalue weighted by atomic mass is 35.7. The lowest BCUT2D eigenvalue weighted by Crippen LogP contribution is -2.06. The van der Waals surface area contributed by atoms with Crippen LogP contribution in [0, 0.1) is 0 Å². The Labute approximate surface area is 105 Å². The molecule has 0 aliphatic carbocycles. The standard InChI is InChI=1S/C10H12Cl2O3S/c1-7(2)15-10-5-8(3-4-9(10)11)6-16(12,13)14/h3-5,7H,6H2,1-2H3. The molecular formula is C10H12Cl2O3S. The van der Waals surface area contributed by atoms with Gasteiger partial charge in [0, 0.05) is 10.7 Å². The van der Waals surface area contributed by atoms with E-state index >= 15 is 0 Å². The highest BCUT2D eigenvalue weighted by Gasteiger charge is 2.10. The third-order valence-electron chi connectivity index (χ3n) is 1.70. The average molecular weight is 283 g/mol. The molecule has 1 rings (SSSR count). The molecule has 0 aromatic heterocycles. The number of benzene rings is 1. The maximum absolute atomic E-state index is 10.9. The van der Waals surface area contributed by atoms with Gasteiger partial charge in [0.15, 0.2) is 0 Å². The number of halogens is 2. The van der Waals surface area contributed by atoms with Gasteiger partial charge in [0.1, 0.15) is 5.75 Å². The van der Waals surface area contributed by atoms with Crippen molar-refractivity contribution in [3.8, 4) is 5.75 Å². The third kappa shape index (κ3) is 4.60. The monoisotopic (exact) mass is 282 g/mol. The first-order valence-electron chi connectivity index (χ1n) is 4.65. The van der Waals surface area contributed by atoms with Crippen LogP contribution < -0.4 is 4.74 Å². The van der Waals surface area contributed by atoms with E-state index in [-0.39, 0.29) is 11.9 Å². The smallest absolute Gasteiger partial charge is 0.236 e. The maximum Gasteiger partial charge on any atom is 0.236 e. The summed E-state index contributed by atoms with van der Waals surface area (Å²) in [6, 6.07) is 4.79. The van der Waals surface area contributed by atoms with Crippen molar-refractivity contribution in [2.45, 2.75) is 25.7 Å². The van der Waals surface area contributed by atoms with Crippen molar-refractivity contribution in [3.63, 3.8) is 0 Å². The molecule has 0 N–H and O–H groups in total. The van der Waals surface area contributed by atoms with Gasteiger partial charge in [0.05, 0.1) is 16.9 Å². The molecule has 0 unspecified atom stereocenters. The molecule has 0 bridgehead atoms. The van der Waals surface area contributed by atoms with Crippen LogP contribution in [0.25, 0.3) is 0 Å². The molecule has 90 valence electrons. The molecule has 0 heterocycles. The molecule has 0 radical (unpaired) electrons. The predicted octanol–water partition coefficient (Wildman–Crippen LogP) is 3.20. The summed E-state index contributed by atoms with van der Waals surface area (Å²) in [6.07, 6.45) is -0.0274. The summed E-state index contributed by atoms with van der Waals surface area (Å²) in [5.41, 5.74) is 0.551. The largest absolute Gasteiger partial charge is 0.489 e. The van der Waals surface area contributed by atoms with Crippen molar-refractivity contribution >= 4 is 31.3 Å². The van der Waals surface area contributed by atoms with Gasteiger partial charge in [-0.05, 0) is 31.5 Å². The normalized spacial score (nSPS) is 11.8. The second kappa shape index (κ2) is 5.25. The van der Waals surface area contributed by atoms with Crippen LogP contribution in [0.4, 0.5) is 0 Å². The van der Waals surface area contributed by atoms with Gasteiger partial charge >= 0.3 is 0 Å². The first kappa shape index (κ1) is 13.6. The van der Waals surface area contributed by atoms with Crippen molar-refractivity contribution in [2.24, 2.45) is 0 Å². The fraction of sp³-hybridized carbons (Fsp3) is 0.400. The first-order chi connectivity index (χ1) is 7.28. The van der Waals surface area contributed by atoms with Crippen LogP contribution in [0.2, 0.25) is 5.02 Å². The molecule has 1 aromatic rings. The Hall–Kier alpha value is -0.450. The summed E-state index contributed by atoms with van der Waals surface area (Å²) in [6.45, 7) is 3.72. The van der Waals surface area contributed by atoms with E-state index in [1.807, 2.05) is 13.8 Å². The molecule has 0 saturated heterocycles. The molecular weight excluding hydrogens is 271 g/mol. The fourth-order valence-electron chi connectivity index (χ4n) is 1.18. The minimum absolute atomic E-state index is 0.0274. The van der Waals surface area contributed by atoms with Gasteiger partial charge in [0.25, 0.3) is 0 Å². The van der Waals surface area contributed by atoms with Gasteiger partial charge in [-0.25, -0.2) is 8.42 Å². The Morgan fingerprint density at radius 2 is 2.00 bits per heavy atom. The van der Waals surface area contributed by atoms with E-state index < -0.39 is 9.05 Å². The predicted molar refractivity (Wildman–Crippen MR) is 65.7 cm³/mol. The van der Waals surface area contributed by atoms with Gasteiger partial charge < -0.3 is 4.74 Å². The van der Waals surface area contributed by atoms with Crippen LogP contribution in [0.1, 0.15) is 19.4 Å². The van der Waals surface area contributed by atoms with Crippen LogP contribution in [-0.2, 0) is 14.8 Å². The third-order valence-corrected chi connectivity index (χ3v) is 3.02. The summed E-state index contributed by atoms with van der Waals surface area (Å²) in [5, 5.41) is 0.449. The zero-order valence-corrected chi connectivity index (χ0v) is 11.2. The van der Waals surface area contributed by atoms with E-state index in [1.54, 1.807) is 18.2 Å². The van der Waals surface area contributed by atoms with Crippen molar-refractivity contribution in [3.05, 3.63) is 28.8 Å². The van der Waals surface area contributed by atoms with E-state index in [1.165, 1.54) is 0 Å². The van der Waals surface area contributed by atoms with Gasteiger partial charge in [-0.2, -0.15) is 0 Å². The van der Waals surface area contributed by atoms with Crippen LogP contribution in [-0.4, -0.2) is 14.5 Å². The van der Waals surface area contributed by atoms with Crippen molar-refractivity contribution in [1.29, 1.82) is 0 Å². The lowest BCUT2D eigenvalue weighted by Gasteiger charge is -2.12. The SMILES string of the molecule is CC(C)Oc1cc(CS(=O)(=O)Cl)ccc1Cl. The Morgan fingerprint density at radius 1 is 1.38 bits per heavy atom. The van der Waals surface area contributed by atoms with Crippen molar-refractivity contribution in [2.75, 3.05) is 0 Å². The molecule has 0 atom stereocenters. The Morgan fingerprint density at radius 3 is 2.50 bits per heavy atom. The number of rotatable bonds is 4. The zero-order chi connectivity index (χ0) is 12.3. The van der Waals surface area contributed by atoms with Crippen molar-refractivity contribution in [1.82, 2.24) is 0 Å². The molecule has 0 aliphatic rings. The van der Waals surface area contributed by atoms with E-state index in [0.29, 0.717) is 16.3 Å². The van der Waals surface area contributed by atoms with Gasteiger partial charge in [-0.15, -0.1) is 0 Å². The van der Waals surface area contributed by atoms with Crippen LogP contribution in [0.3, 0.4) is 0 Å². The molecule has 0 saturated carbocycles. The number of hydrogen-bond acceptors (Lipinski definition) is 3. The maximum atomic E-state index is 10.9. The molecule has 16 heavy (non-hydrogen) atoms. The second-order valence-corrected chi connectivity index (χ2v) is 6.80. The molecule has 0 aliphatic heterocycles. The highest BCUT2D eigenvalue weighted by Crippen LogP contribution is 2.27. The number of ether oxygens (including phenoxy) is 1. The lowest BCUT2D eigenvalue weighted by molar-refractivity contribution is 0.242. The summed E-state index contributed by atoms with van der Waals surface area (Å²) in [7, 11) is 1.60. The quantitative estimate of drug-likeness (QED) is 0.797. The first-order valence-corrected chi connectivity index (χ1v) is 7.51. The van der Waals surface area contributed by atoms with Crippen LogP contribution in [0.5, 0.6) is 5.75 Å². The van der Waals surface area contributed by atoms with Crippen molar-refractivity contribution < 1.29 is 13.2 Å². The minimum Gasteiger partial charge on any atom is -0.489 e. The minimum atomic E-state index is -3.56. The molecule has 6 heteroatoms. The fourth-order valence-corrected chi connectivity index (χ4v) is 2.30. The highest BCUT2D eigenvalue weighted by molar-refractivity contribution is 8.13. The van der Waals surface area contributed by atoms with Crippen LogP contribution in [0.15, 0.2) is 18.2 Å². The molecule has 1 aromatic carbocycles. The molecule has 3 nitrogen and oxygen atoms in total. The zero-order valence-electron chi connectivity index (χ0n) is 8.91. The summed E-state index contributed by atoms with van der Waals surface area (Å²) < 4.78 is 27.3. The van der Waals surface area contributed by atoms with E-state index in [0.717, 1.165) is 0 Å². The molecule has 0 amide bonds. The topological polar surface area (TPSA) is 43.4 Å². The summed E-state index contributed by atoms with van der Waals surface area (Å²) >= 11 is 5.90. The van der Waals surface area contributed by atoms with Gasteiger partial charge in [0.2, 0.25) is 9.05 Å². The Bertz CT molecular complexity index is 469. The molecule has 0 fully saturated rings. The van der Waals surface area contributed by atoms with Gasteiger partial charge in [-0.3, -0.25) is 0 Å². The number of hydrogen-bond donors (Lipinski definition) is 0. The lowest BCUT2D eigenvalue weighted by atomic mass is 10.2. The van der Waals surface area contributed by atoms with Crippen LogP contribution >= 0.6 is 22.3 Å². The Kier molecular flexibility index (Phi) is 4.47. The van der Waals surface area contributed by atoms with E-state index in [9.17, 15) is 8.42 Å². The summed E-state index contributed by atoms with van der Waals surface area (Å²) in [4.78, 5) is 0. The average Bonchev–Trinajstić information content (AvgIpc) is 2.07. The van der Waals surface area contributed by atoms with Gasteiger partial charge in [-0.1, -0.05) is 17.7 Å². The summed E-state index contributed by atoms with van der Waals surface area (Å²) in [5.74, 6) is 0.231. The molecule has 0 spiro atoms. The van der Waals surface area contributed by atoms with E-state index in [2.05, 4.69) is 0 Å².